The molecule has 0 aromatic heterocycles. The number of alkyl halides is 1. The Balaban J connectivity index is 0. The Kier molecular flexibility index (Phi) is 9.13. The lowest BCUT2D eigenvalue weighted by Crippen LogP contribution is -2.23. The van der Waals surface area contributed by atoms with E-state index in [1.165, 1.54) is 6.42 Å². The third-order valence-electron chi connectivity index (χ3n) is 2.74. The Morgan fingerprint density at radius 3 is 1.76 bits per heavy atom. The van der Waals surface area contributed by atoms with E-state index in [1.807, 2.05) is 13.8 Å². The Hall–Kier alpha value is -0.110. The van der Waals surface area contributed by atoms with E-state index in [1.54, 1.807) is 0 Å². The topological polar surface area (TPSA) is 9.23 Å². The van der Waals surface area contributed by atoms with Crippen LogP contribution in [0.5, 0.6) is 0 Å². The molecule has 17 heavy (non-hydrogen) atoms. The van der Waals surface area contributed by atoms with Gasteiger partial charge in [-0.05, 0) is 18.8 Å². The summed E-state index contributed by atoms with van der Waals surface area (Å²) in [4.78, 5) is 0. The zero-order chi connectivity index (χ0) is 12.9. The molecule has 1 saturated heterocycles. The minimum atomic E-state index is -0.785. The van der Waals surface area contributed by atoms with E-state index in [0.717, 1.165) is 6.42 Å². The summed E-state index contributed by atoms with van der Waals surface area (Å²) >= 11 is 0. The van der Waals surface area contributed by atoms with Gasteiger partial charge in [-0.15, -0.1) is 0 Å². The molecule has 106 valence electrons. The number of hydrogen-bond donors (Lipinski definition) is 0. The molecule has 0 N–H and O–H groups in total. The molecule has 1 nitrogen and oxygen atoms in total. The van der Waals surface area contributed by atoms with Crippen LogP contribution in [0.2, 0.25) is 0 Å². The fourth-order valence-corrected chi connectivity index (χ4v) is 1.94. The van der Waals surface area contributed by atoms with E-state index in [9.17, 15) is 4.39 Å². The van der Waals surface area contributed by atoms with Crippen LogP contribution in [0, 0.1) is 11.3 Å². The SMILES string of the molecule is C.CCC.C[C@H]1[C@@H](F)[C@H](C)O[C@@H]1CC(C)(C)C. The van der Waals surface area contributed by atoms with E-state index in [0.29, 0.717) is 0 Å². The normalized spacial score (nSPS) is 32.5. The summed E-state index contributed by atoms with van der Waals surface area (Å²) in [5.41, 5.74) is 0.225. The molecule has 0 saturated carbocycles. The van der Waals surface area contributed by atoms with Gasteiger partial charge in [0.2, 0.25) is 0 Å². The molecule has 4 atom stereocenters. The van der Waals surface area contributed by atoms with Crippen molar-refractivity contribution in [2.45, 2.75) is 87.1 Å². The maximum absolute atomic E-state index is 13.4. The predicted molar refractivity (Wildman–Crippen MR) is 75.2 cm³/mol. The van der Waals surface area contributed by atoms with Gasteiger partial charge in [0.1, 0.15) is 6.17 Å². The molecule has 1 aliphatic heterocycles. The smallest absolute Gasteiger partial charge is 0.131 e. The molecule has 1 aliphatic rings. The quantitative estimate of drug-likeness (QED) is 0.617. The van der Waals surface area contributed by atoms with Crippen LogP contribution in [0.15, 0.2) is 0 Å². The van der Waals surface area contributed by atoms with Crippen molar-refractivity contribution in [1.29, 1.82) is 0 Å². The molecular weight excluding hydrogens is 215 g/mol. The van der Waals surface area contributed by atoms with E-state index < -0.39 is 6.17 Å². The second-order valence-electron chi connectivity index (χ2n) is 6.16. The zero-order valence-corrected chi connectivity index (χ0v) is 12.0. The van der Waals surface area contributed by atoms with Gasteiger partial charge in [-0.1, -0.05) is 55.4 Å². The summed E-state index contributed by atoms with van der Waals surface area (Å²) in [5, 5.41) is 0. The Morgan fingerprint density at radius 1 is 1.12 bits per heavy atom. The Morgan fingerprint density at radius 2 is 1.53 bits per heavy atom. The van der Waals surface area contributed by atoms with E-state index >= 15 is 0 Å². The van der Waals surface area contributed by atoms with Crippen molar-refractivity contribution < 1.29 is 9.13 Å². The fraction of sp³-hybridized carbons (Fsp3) is 1.00. The van der Waals surface area contributed by atoms with Crippen molar-refractivity contribution >= 4 is 0 Å². The van der Waals surface area contributed by atoms with Gasteiger partial charge >= 0.3 is 0 Å². The molecule has 0 bridgehead atoms. The molecular formula is C15H33FO. The second-order valence-corrected chi connectivity index (χ2v) is 6.16. The number of rotatable bonds is 1. The third kappa shape index (κ3) is 7.03. The number of hydrogen-bond acceptors (Lipinski definition) is 1. The summed E-state index contributed by atoms with van der Waals surface area (Å²) in [7, 11) is 0. The van der Waals surface area contributed by atoms with Crippen LogP contribution >= 0.6 is 0 Å². The minimum absolute atomic E-state index is 0. The maximum Gasteiger partial charge on any atom is 0.131 e. The summed E-state index contributed by atoms with van der Waals surface area (Å²) < 4.78 is 19.0. The molecule has 1 heterocycles. The standard InChI is InChI=1S/C11H21FO.C3H8.CH4/c1-7-9(6-11(3,4)5)13-8(2)10(7)12;1-3-2;/h7-10H,6H2,1-5H3;3H2,1-2H3;1H4/t7-,8+,9-,10-;;/m1../s1. The second kappa shape index (κ2) is 8.07. The van der Waals surface area contributed by atoms with Gasteiger partial charge < -0.3 is 4.74 Å². The number of halogens is 1. The van der Waals surface area contributed by atoms with Crippen molar-refractivity contribution in [2.75, 3.05) is 0 Å². The first-order valence-corrected chi connectivity index (χ1v) is 6.52. The van der Waals surface area contributed by atoms with Crippen LogP contribution in [0.4, 0.5) is 4.39 Å². The van der Waals surface area contributed by atoms with E-state index in [-0.39, 0.29) is 31.0 Å². The average molecular weight is 248 g/mol. The highest BCUT2D eigenvalue weighted by molar-refractivity contribution is 4.88. The van der Waals surface area contributed by atoms with Gasteiger partial charge in [-0.3, -0.25) is 0 Å². The summed E-state index contributed by atoms with van der Waals surface area (Å²) in [6, 6.07) is 0. The van der Waals surface area contributed by atoms with Crippen molar-refractivity contribution in [3.63, 3.8) is 0 Å². The van der Waals surface area contributed by atoms with Crippen LogP contribution in [-0.4, -0.2) is 18.4 Å². The summed E-state index contributed by atoms with van der Waals surface area (Å²) in [5.74, 6) is 0.0502. The molecule has 0 aromatic carbocycles. The lowest BCUT2D eigenvalue weighted by Gasteiger charge is -2.24. The van der Waals surface area contributed by atoms with Crippen molar-refractivity contribution in [2.24, 2.45) is 11.3 Å². The van der Waals surface area contributed by atoms with Gasteiger partial charge in [0.05, 0.1) is 12.2 Å². The van der Waals surface area contributed by atoms with Gasteiger partial charge in [-0.2, -0.15) is 0 Å². The highest BCUT2D eigenvalue weighted by Gasteiger charge is 2.40. The van der Waals surface area contributed by atoms with Crippen LogP contribution in [-0.2, 0) is 4.74 Å². The molecule has 0 aliphatic carbocycles. The molecule has 0 aromatic rings. The Bertz CT molecular complexity index is 186. The molecule has 1 fully saturated rings. The highest BCUT2D eigenvalue weighted by atomic mass is 19.1. The monoisotopic (exact) mass is 248 g/mol. The van der Waals surface area contributed by atoms with Crippen molar-refractivity contribution in [1.82, 2.24) is 0 Å². The summed E-state index contributed by atoms with van der Waals surface area (Å²) in [6.45, 7) is 14.5. The largest absolute Gasteiger partial charge is 0.372 e. The zero-order valence-electron chi connectivity index (χ0n) is 12.0. The molecule has 0 amide bonds. The molecule has 0 unspecified atom stereocenters. The average Bonchev–Trinajstić information content (AvgIpc) is 2.32. The lowest BCUT2D eigenvalue weighted by atomic mass is 9.84. The van der Waals surface area contributed by atoms with E-state index in [4.69, 9.17) is 4.74 Å². The van der Waals surface area contributed by atoms with Crippen molar-refractivity contribution in [3.05, 3.63) is 0 Å². The first kappa shape index (κ1) is 19.2. The maximum atomic E-state index is 13.4. The molecule has 0 radical (unpaired) electrons. The van der Waals surface area contributed by atoms with Gasteiger partial charge in [-0.25, -0.2) is 4.39 Å². The molecule has 2 heteroatoms. The lowest BCUT2D eigenvalue weighted by molar-refractivity contribution is 0.0151. The highest BCUT2D eigenvalue weighted by Crippen LogP contribution is 2.35. The van der Waals surface area contributed by atoms with E-state index in [2.05, 4.69) is 34.6 Å². The van der Waals surface area contributed by atoms with Crippen LogP contribution in [0.1, 0.15) is 68.7 Å². The van der Waals surface area contributed by atoms with Crippen LogP contribution in [0.25, 0.3) is 0 Å². The van der Waals surface area contributed by atoms with Gasteiger partial charge in [0, 0.05) is 5.92 Å². The third-order valence-corrected chi connectivity index (χ3v) is 2.74. The first-order valence-electron chi connectivity index (χ1n) is 6.52. The molecule has 0 spiro atoms. The molecule has 1 rings (SSSR count). The Labute approximate surface area is 108 Å². The summed E-state index contributed by atoms with van der Waals surface area (Å²) in [6.07, 6.45) is 1.29. The van der Waals surface area contributed by atoms with Crippen molar-refractivity contribution in [3.8, 4) is 0 Å². The number of ether oxygens (including phenoxy) is 1. The minimum Gasteiger partial charge on any atom is -0.372 e. The van der Waals surface area contributed by atoms with Gasteiger partial charge in [0.25, 0.3) is 0 Å². The predicted octanol–water partition coefficient (Wildman–Crippen LogP) is 5.24. The van der Waals surface area contributed by atoms with Crippen LogP contribution in [0.3, 0.4) is 0 Å². The van der Waals surface area contributed by atoms with Crippen LogP contribution < -0.4 is 0 Å². The fourth-order valence-electron chi connectivity index (χ4n) is 1.94. The van der Waals surface area contributed by atoms with Gasteiger partial charge in [0.15, 0.2) is 0 Å². The first-order chi connectivity index (χ1) is 7.22.